The summed E-state index contributed by atoms with van der Waals surface area (Å²) in [7, 11) is 1.49. The second-order valence-corrected chi connectivity index (χ2v) is 6.24. The molecule has 0 spiro atoms. The number of carbonyl (C=O) groups excluding carboxylic acids is 2. The van der Waals surface area contributed by atoms with Crippen molar-refractivity contribution in [3.05, 3.63) is 76.6 Å². The number of rotatable bonds is 2. The van der Waals surface area contributed by atoms with Gasteiger partial charge in [0.25, 0.3) is 0 Å². The van der Waals surface area contributed by atoms with Crippen molar-refractivity contribution in [2.45, 2.75) is 5.92 Å². The largest absolute Gasteiger partial charge is 0.496 e. The van der Waals surface area contributed by atoms with Crippen LogP contribution in [-0.2, 0) is 4.74 Å². The van der Waals surface area contributed by atoms with Crippen LogP contribution in [0.2, 0.25) is 0 Å². The van der Waals surface area contributed by atoms with Crippen LogP contribution in [0.15, 0.2) is 59.9 Å². The summed E-state index contributed by atoms with van der Waals surface area (Å²) in [5, 5.41) is 17.8. The summed E-state index contributed by atoms with van der Waals surface area (Å²) < 4.78 is 10.8. The Morgan fingerprint density at radius 3 is 2.33 bits per heavy atom. The molecule has 6 nitrogen and oxygen atoms in total. The molecule has 132 valence electrons. The predicted octanol–water partition coefficient (Wildman–Crippen LogP) is 3.26. The maximum Gasteiger partial charge on any atom is 0.229 e. The highest BCUT2D eigenvalue weighted by molar-refractivity contribution is 6.28. The first kappa shape index (κ1) is 16.7. The van der Waals surface area contributed by atoms with Gasteiger partial charge < -0.3 is 9.47 Å². The van der Waals surface area contributed by atoms with E-state index in [9.17, 15) is 14.9 Å². The Balaban J connectivity index is 2.00. The highest BCUT2D eigenvalue weighted by Crippen LogP contribution is 2.46. The van der Waals surface area contributed by atoms with Crippen molar-refractivity contribution in [1.82, 2.24) is 0 Å². The van der Waals surface area contributed by atoms with Gasteiger partial charge in [0.1, 0.15) is 11.7 Å². The minimum absolute atomic E-state index is 0.103. The molecule has 0 radical (unpaired) electrons. The number of hydrogen-bond acceptors (Lipinski definition) is 6. The lowest BCUT2D eigenvalue weighted by atomic mass is 9.72. The van der Waals surface area contributed by atoms with E-state index in [2.05, 4.69) is 0 Å². The number of ketones is 2. The number of hydrogen-bond donors (Lipinski definition) is 1. The van der Waals surface area contributed by atoms with Gasteiger partial charge in [-0.15, -0.1) is 0 Å². The fourth-order valence-electron chi connectivity index (χ4n) is 3.64. The van der Waals surface area contributed by atoms with Gasteiger partial charge in [-0.05, 0) is 6.07 Å². The van der Waals surface area contributed by atoms with Crippen LogP contribution in [0, 0.1) is 22.7 Å². The number of methoxy groups -OCH3 is 1. The zero-order valence-electron chi connectivity index (χ0n) is 14.4. The number of nitrogens with zero attached hydrogens (tertiary/aromatic N) is 1. The number of para-hydroxylation sites is 1. The minimum Gasteiger partial charge on any atom is -0.496 e. The smallest absolute Gasteiger partial charge is 0.229 e. The van der Waals surface area contributed by atoms with Crippen LogP contribution < -0.4 is 4.74 Å². The van der Waals surface area contributed by atoms with Gasteiger partial charge in [-0.1, -0.05) is 42.5 Å². The van der Waals surface area contributed by atoms with Crippen molar-refractivity contribution in [3.63, 3.8) is 0 Å². The molecule has 2 unspecified atom stereocenters. The molecule has 2 aromatic carbocycles. The Kier molecular flexibility index (Phi) is 3.85. The summed E-state index contributed by atoms with van der Waals surface area (Å²) in [6.07, 6.45) is 0. The third-order valence-corrected chi connectivity index (χ3v) is 4.86. The minimum atomic E-state index is -1.04. The van der Waals surface area contributed by atoms with E-state index in [4.69, 9.17) is 14.9 Å². The van der Waals surface area contributed by atoms with Crippen LogP contribution in [0.4, 0.5) is 0 Å². The molecule has 1 aliphatic heterocycles. The van der Waals surface area contributed by atoms with Crippen LogP contribution >= 0.6 is 0 Å². The summed E-state index contributed by atoms with van der Waals surface area (Å²) in [4.78, 5) is 26.2. The van der Waals surface area contributed by atoms with E-state index in [0.717, 1.165) is 0 Å². The lowest BCUT2D eigenvalue weighted by Gasteiger charge is -2.34. The van der Waals surface area contributed by atoms with E-state index in [1.54, 1.807) is 48.5 Å². The second-order valence-electron chi connectivity index (χ2n) is 6.24. The monoisotopic (exact) mass is 358 g/mol. The first-order valence-electron chi connectivity index (χ1n) is 8.30. The standard InChI is InChI=1S/C21H14N2O4/c1-26-15-9-5-4-8-13(15)16-14(10-22)21(23)27-20-17(16)18(24)11-6-2-3-7-12(11)19(20)25/h2-9,14,16,23H,1H3. The Morgan fingerprint density at radius 2 is 1.67 bits per heavy atom. The molecule has 27 heavy (non-hydrogen) atoms. The predicted molar refractivity (Wildman–Crippen MR) is 95.8 cm³/mol. The lowest BCUT2D eigenvalue weighted by molar-refractivity contribution is 0.0913. The molecule has 2 atom stereocenters. The molecule has 1 heterocycles. The number of Topliss-reactive ketones (excluding diaryl/α,β-unsaturated/α-hetero) is 2. The molecule has 6 heteroatoms. The second kappa shape index (κ2) is 6.22. The molecule has 4 rings (SSSR count). The van der Waals surface area contributed by atoms with E-state index < -0.39 is 17.6 Å². The molecule has 1 aliphatic carbocycles. The van der Waals surface area contributed by atoms with Gasteiger partial charge >= 0.3 is 0 Å². The molecule has 0 amide bonds. The van der Waals surface area contributed by atoms with Gasteiger partial charge in [-0.3, -0.25) is 15.0 Å². The Morgan fingerprint density at radius 1 is 1.04 bits per heavy atom. The fraction of sp³-hybridized carbons (Fsp3) is 0.143. The van der Waals surface area contributed by atoms with Crippen LogP contribution in [0.3, 0.4) is 0 Å². The van der Waals surface area contributed by atoms with Crippen LogP contribution in [0.5, 0.6) is 5.75 Å². The quantitative estimate of drug-likeness (QED) is 0.888. The average molecular weight is 358 g/mol. The van der Waals surface area contributed by atoms with E-state index >= 15 is 0 Å². The topological polar surface area (TPSA) is 100 Å². The molecule has 1 N–H and O–H groups in total. The summed E-state index contributed by atoms with van der Waals surface area (Å²) in [6.45, 7) is 0. The SMILES string of the molecule is COc1ccccc1C1C2=C(OC(=N)C1C#N)C(=O)c1ccccc1C2=O. The third kappa shape index (κ3) is 2.36. The molecular formula is C21H14N2O4. The molecular weight excluding hydrogens is 344 g/mol. The zero-order valence-corrected chi connectivity index (χ0v) is 14.4. The molecule has 0 saturated heterocycles. The van der Waals surface area contributed by atoms with Crippen LogP contribution in [-0.4, -0.2) is 24.6 Å². The fourth-order valence-corrected chi connectivity index (χ4v) is 3.64. The number of allylic oxidation sites excluding steroid dienone is 2. The van der Waals surface area contributed by atoms with Crippen molar-refractivity contribution in [2.75, 3.05) is 7.11 Å². The lowest BCUT2D eigenvalue weighted by Crippen LogP contribution is -2.38. The average Bonchev–Trinajstić information content (AvgIpc) is 2.71. The van der Waals surface area contributed by atoms with Gasteiger partial charge in [0.05, 0.1) is 18.8 Å². The van der Waals surface area contributed by atoms with Crippen LogP contribution in [0.1, 0.15) is 32.2 Å². The first-order valence-corrected chi connectivity index (χ1v) is 8.30. The van der Waals surface area contributed by atoms with Gasteiger partial charge in [0, 0.05) is 22.6 Å². The number of nitrogens with one attached hydrogen (secondary N) is 1. The van der Waals surface area contributed by atoms with E-state index in [1.165, 1.54) is 7.11 Å². The molecule has 0 aromatic heterocycles. The highest BCUT2D eigenvalue weighted by atomic mass is 16.5. The number of benzene rings is 2. The van der Waals surface area contributed by atoms with Gasteiger partial charge in [0.15, 0.2) is 11.5 Å². The number of fused-ring (bicyclic) bond motifs is 1. The first-order chi connectivity index (χ1) is 13.1. The van der Waals surface area contributed by atoms with Gasteiger partial charge in [-0.25, -0.2) is 0 Å². The maximum absolute atomic E-state index is 13.2. The van der Waals surface area contributed by atoms with Crippen molar-refractivity contribution in [3.8, 4) is 11.8 Å². The molecule has 2 aromatic rings. The van der Waals surface area contributed by atoms with E-state index in [-0.39, 0.29) is 34.1 Å². The van der Waals surface area contributed by atoms with Gasteiger partial charge in [-0.2, -0.15) is 5.26 Å². The van der Waals surface area contributed by atoms with Crippen molar-refractivity contribution in [1.29, 1.82) is 10.7 Å². The normalized spacial score (nSPS) is 21.1. The van der Waals surface area contributed by atoms with Crippen molar-refractivity contribution >= 4 is 17.5 Å². The maximum atomic E-state index is 13.2. The third-order valence-electron chi connectivity index (χ3n) is 4.86. The number of ether oxygens (including phenoxy) is 2. The zero-order chi connectivity index (χ0) is 19.1. The summed E-state index contributed by atoms with van der Waals surface area (Å²) in [6, 6.07) is 15.5. The van der Waals surface area contributed by atoms with E-state index in [0.29, 0.717) is 11.3 Å². The molecule has 2 aliphatic rings. The number of carbonyl (C=O) groups is 2. The Labute approximate surface area is 155 Å². The van der Waals surface area contributed by atoms with Gasteiger partial charge in [0.2, 0.25) is 11.7 Å². The molecule has 0 saturated carbocycles. The summed E-state index contributed by atoms with van der Waals surface area (Å²) in [5.41, 5.74) is 1.18. The summed E-state index contributed by atoms with van der Waals surface area (Å²) in [5.74, 6) is -2.75. The molecule has 0 fully saturated rings. The number of nitriles is 1. The Bertz CT molecular complexity index is 1080. The molecule has 0 bridgehead atoms. The van der Waals surface area contributed by atoms with Crippen molar-refractivity contribution < 1.29 is 19.1 Å². The highest BCUT2D eigenvalue weighted by Gasteiger charge is 2.47. The van der Waals surface area contributed by atoms with E-state index in [1.807, 2.05) is 6.07 Å². The van der Waals surface area contributed by atoms with Crippen LogP contribution in [0.25, 0.3) is 0 Å². The Hall–Kier alpha value is -3.72. The summed E-state index contributed by atoms with van der Waals surface area (Å²) >= 11 is 0. The van der Waals surface area contributed by atoms with Crippen molar-refractivity contribution in [2.24, 2.45) is 5.92 Å².